The third-order valence-electron chi connectivity index (χ3n) is 6.67. The Bertz CT molecular complexity index is 1750. The van der Waals surface area contributed by atoms with Gasteiger partial charge >= 0.3 is 5.95 Å². The molecular weight excluding hydrogens is 542 g/mol. The predicted molar refractivity (Wildman–Crippen MR) is 156 cm³/mol. The van der Waals surface area contributed by atoms with E-state index >= 15 is 0 Å². The zero-order chi connectivity index (χ0) is 29.8. The SMILES string of the molecule is CC.Cc1cc(Nc2ncnn3ccc(N4CCN(C(=O)C(O)=C(O)O)CC4)c23)ccc1Oc1ccn2ncnc2c1. The van der Waals surface area contributed by atoms with E-state index < -0.39 is 17.6 Å². The van der Waals surface area contributed by atoms with Gasteiger partial charge in [-0.3, -0.25) is 4.79 Å². The van der Waals surface area contributed by atoms with E-state index in [1.54, 1.807) is 15.2 Å². The molecule has 4 aromatic heterocycles. The first-order valence-electron chi connectivity index (χ1n) is 13.4. The first kappa shape index (κ1) is 28.0. The van der Waals surface area contributed by atoms with E-state index in [0.717, 1.165) is 22.5 Å². The molecule has 218 valence electrons. The number of ether oxygens (including phenoxy) is 1. The van der Waals surface area contributed by atoms with Crippen molar-refractivity contribution < 1.29 is 24.9 Å². The van der Waals surface area contributed by atoms with E-state index in [9.17, 15) is 9.90 Å². The first-order chi connectivity index (χ1) is 20.4. The molecule has 1 aliphatic rings. The van der Waals surface area contributed by atoms with Crippen molar-refractivity contribution in [1.82, 2.24) is 34.1 Å². The monoisotopic (exact) mass is 573 g/mol. The maximum Gasteiger partial charge on any atom is 0.324 e. The molecule has 0 bridgehead atoms. The number of aromatic nitrogens is 6. The van der Waals surface area contributed by atoms with Crippen LogP contribution in [0, 0.1) is 6.92 Å². The number of anilines is 3. The minimum absolute atomic E-state index is 0.286. The second kappa shape index (κ2) is 11.9. The van der Waals surface area contributed by atoms with Gasteiger partial charge in [-0.05, 0) is 42.8 Å². The summed E-state index contributed by atoms with van der Waals surface area (Å²) in [5.41, 5.74) is 4.06. The number of aryl methyl sites for hydroxylation is 1. The Balaban J connectivity index is 0.00000173. The number of fused-ring (bicyclic) bond motifs is 2. The van der Waals surface area contributed by atoms with Gasteiger partial charge < -0.3 is 35.2 Å². The molecule has 1 aliphatic heterocycles. The van der Waals surface area contributed by atoms with Gasteiger partial charge in [0.1, 0.15) is 29.7 Å². The fourth-order valence-corrected chi connectivity index (χ4v) is 4.65. The van der Waals surface area contributed by atoms with Crippen molar-refractivity contribution in [3.05, 3.63) is 78.7 Å². The van der Waals surface area contributed by atoms with E-state index in [1.807, 2.05) is 63.4 Å². The third-order valence-corrected chi connectivity index (χ3v) is 6.67. The van der Waals surface area contributed by atoms with Crippen molar-refractivity contribution in [2.75, 3.05) is 36.4 Å². The molecule has 0 unspecified atom stereocenters. The lowest BCUT2D eigenvalue weighted by Gasteiger charge is -2.35. The summed E-state index contributed by atoms with van der Waals surface area (Å²) in [5, 5.41) is 39.4. The van der Waals surface area contributed by atoms with Crippen LogP contribution in [0.3, 0.4) is 0 Å². The van der Waals surface area contributed by atoms with E-state index in [4.69, 9.17) is 14.9 Å². The smallest absolute Gasteiger partial charge is 0.324 e. The Morgan fingerprint density at radius 1 is 0.905 bits per heavy atom. The maximum atomic E-state index is 12.2. The summed E-state index contributed by atoms with van der Waals surface area (Å²) in [7, 11) is 0. The highest BCUT2D eigenvalue weighted by molar-refractivity contribution is 5.91. The van der Waals surface area contributed by atoms with Gasteiger partial charge in [0.15, 0.2) is 11.5 Å². The second-order valence-corrected chi connectivity index (χ2v) is 9.19. The molecule has 5 heterocycles. The number of pyridine rings is 1. The van der Waals surface area contributed by atoms with Crippen molar-refractivity contribution in [3.63, 3.8) is 0 Å². The van der Waals surface area contributed by atoms with Crippen LogP contribution in [0.25, 0.3) is 11.2 Å². The third kappa shape index (κ3) is 5.54. The van der Waals surface area contributed by atoms with Gasteiger partial charge in [0.05, 0.1) is 5.69 Å². The van der Waals surface area contributed by atoms with Crippen LogP contribution < -0.4 is 15.0 Å². The number of hydrogen-bond acceptors (Lipinski definition) is 11. The molecule has 5 aromatic rings. The fraction of sp³-hybridized carbons (Fsp3) is 0.250. The van der Waals surface area contributed by atoms with E-state index in [0.29, 0.717) is 36.1 Å². The molecule has 0 aliphatic carbocycles. The van der Waals surface area contributed by atoms with Crippen LogP contribution in [0.4, 0.5) is 17.2 Å². The molecule has 6 rings (SSSR count). The lowest BCUT2D eigenvalue weighted by molar-refractivity contribution is -0.131. The first-order valence-corrected chi connectivity index (χ1v) is 13.4. The highest BCUT2D eigenvalue weighted by Crippen LogP contribution is 2.32. The van der Waals surface area contributed by atoms with Gasteiger partial charge in [0.2, 0.25) is 0 Å². The number of piperazine rings is 1. The van der Waals surface area contributed by atoms with Crippen molar-refractivity contribution in [3.8, 4) is 11.5 Å². The second-order valence-electron chi connectivity index (χ2n) is 9.19. The lowest BCUT2D eigenvalue weighted by Crippen LogP contribution is -2.49. The molecule has 14 heteroatoms. The summed E-state index contributed by atoms with van der Waals surface area (Å²) >= 11 is 0. The molecule has 0 atom stereocenters. The van der Waals surface area contributed by atoms with Crippen LogP contribution in [-0.2, 0) is 4.79 Å². The molecule has 0 saturated carbocycles. The van der Waals surface area contributed by atoms with E-state index in [-0.39, 0.29) is 13.1 Å². The number of amides is 1. The van der Waals surface area contributed by atoms with Gasteiger partial charge in [-0.1, -0.05) is 13.8 Å². The largest absolute Gasteiger partial charge is 0.498 e. The number of aliphatic hydroxyl groups excluding tert-OH is 2. The maximum absolute atomic E-state index is 12.2. The minimum atomic E-state index is -1.39. The molecule has 0 spiro atoms. The number of rotatable bonds is 6. The van der Waals surface area contributed by atoms with Gasteiger partial charge in [-0.25, -0.2) is 19.0 Å². The van der Waals surface area contributed by atoms with Crippen molar-refractivity contribution in [2.24, 2.45) is 0 Å². The molecule has 1 aromatic carbocycles. The van der Waals surface area contributed by atoms with Crippen molar-refractivity contribution >= 4 is 34.3 Å². The van der Waals surface area contributed by atoms with Crippen LogP contribution in [-0.4, -0.2) is 81.5 Å². The number of carbonyl (C=O) groups is 1. The summed E-state index contributed by atoms with van der Waals surface area (Å²) in [5.74, 6) is -1.32. The fourth-order valence-electron chi connectivity index (χ4n) is 4.65. The van der Waals surface area contributed by atoms with Crippen LogP contribution in [0.15, 0.2) is 73.2 Å². The highest BCUT2D eigenvalue weighted by Gasteiger charge is 2.27. The molecular formula is C28H31N9O5. The Hall–Kier alpha value is -5.53. The van der Waals surface area contributed by atoms with Gasteiger partial charge in [0, 0.05) is 50.3 Å². The quantitative estimate of drug-likeness (QED) is 0.170. The topological polar surface area (TPSA) is 166 Å². The highest BCUT2D eigenvalue weighted by atomic mass is 16.5. The number of carbonyl (C=O) groups excluding carboxylic acids is 1. The standard InChI is InChI=1S/C26H25N9O5.C2H6/c1-16-12-17(2-3-20(16)40-18-4-6-34-21(13-18)27-14-29-34)31-24-22-19(5-7-35(22)30-15-28-24)32-8-10-33(11-9-32)25(37)23(36)26(38)39;1-2/h2-7,12-15,36,38-39H,8-11H2,1H3,(H,28,30,31);1-2H3. The van der Waals surface area contributed by atoms with Crippen LogP contribution in [0.2, 0.25) is 0 Å². The normalized spacial score (nSPS) is 13.0. The Morgan fingerprint density at radius 2 is 1.62 bits per heavy atom. The molecule has 1 saturated heterocycles. The molecule has 4 N–H and O–H groups in total. The molecule has 42 heavy (non-hydrogen) atoms. The summed E-state index contributed by atoms with van der Waals surface area (Å²) < 4.78 is 9.47. The summed E-state index contributed by atoms with van der Waals surface area (Å²) in [6.07, 6.45) is 6.58. The van der Waals surface area contributed by atoms with Crippen molar-refractivity contribution in [2.45, 2.75) is 20.8 Å². The van der Waals surface area contributed by atoms with Gasteiger partial charge in [-0.2, -0.15) is 10.2 Å². The zero-order valence-electron chi connectivity index (χ0n) is 23.3. The van der Waals surface area contributed by atoms with E-state index in [1.165, 1.54) is 17.6 Å². The van der Waals surface area contributed by atoms with Crippen LogP contribution in [0.5, 0.6) is 11.5 Å². The summed E-state index contributed by atoms with van der Waals surface area (Å²) in [6, 6.07) is 11.3. The number of hydrogen-bond donors (Lipinski definition) is 4. The number of benzene rings is 1. The predicted octanol–water partition coefficient (Wildman–Crippen LogP) is 4.13. The molecule has 1 amide bonds. The minimum Gasteiger partial charge on any atom is -0.498 e. The molecule has 0 radical (unpaired) electrons. The van der Waals surface area contributed by atoms with E-state index in [2.05, 4.69) is 30.4 Å². The molecule has 1 fully saturated rings. The Labute approximate surface area is 240 Å². The number of nitrogens with one attached hydrogen (secondary N) is 1. The average molecular weight is 574 g/mol. The Kier molecular flexibility index (Phi) is 7.95. The van der Waals surface area contributed by atoms with Gasteiger partial charge in [-0.15, -0.1) is 0 Å². The lowest BCUT2D eigenvalue weighted by atomic mass is 10.2. The summed E-state index contributed by atoms with van der Waals surface area (Å²) in [4.78, 5) is 24.3. The van der Waals surface area contributed by atoms with Crippen LogP contribution in [0.1, 0.15) is 19.4 Å². The molecule has 14 nitrogen and oxygen atoms in total. The van der Waals surface area contributed by atoms with Crippen LogP contribution >= 0.6 is 0 Å². The number of aliphatic hydroxyl groups is 3. The Morgan fingerprint density at radius 3 is 2.36 bits per heavy atom. The van der Waals surface area contributed by atoms with Crippen molar-refractivity contribution in [1.29, 1.82) is 0 Å². The summed E-state index contributed by atoms with van der Waals surface area (Å²) in [6.45, 7) is 7.46. The number of nitrogens with zero attached hydrogens (tertiary/aromatic N) is 8. The average Bonchev–Trinajstić information content (AvgIpc) is 3.66. The van der Waals surface area contributed by atoms with Gasteiger partial charge in [0.25, 0.3) is 11.7 Å². The zero-order valence-corrected chi connectivity index (χ0v) is 23.3.